The van der Waals surface area contributed by atoms with Gasteiger partial charge in [0.15, 0.2) is 5.82 Å². The molecular formula is C14H15BrN6S. The van der Waals surface area contributed by atoms with Gasteiger partial charge in [0.25, 0.3) is 0 Å². The zero-order valence-electron chi connectivity index (χ0n) is 11.8. The zero-order valence-corrected chi connectivity index (χ0v) is 14.2. The number of hydrogen-bond donors (Lipinski definition) is 2. The summed E-state index contributed by atoms with van der Waals surface area (Å²) in [7, 11) is 0. The number of anilines is 2. The maximum Gasteiger partial charge on any atom is 0.150 e. The molecule has 0 spiro atoms. The second kappa shape index (κ2) is 5.51. The molecule has 0 aromatic carbocycles. The average Bonchev–Trinajstić information content (AvgIpc) is 3.11. The van der Waals surface area contributed by atoms with Gasteiger partial charge >= 0.3 is 0 Å². The van der Waals surface area contributed by atoms with Gasteiger partial charge in [0.2, 0.25) is 0 Å². The molecule has 22 heavy (non-hydrogen) atoms. The van der Waals surface area contributed by atoms with E-state index in [1.54, 1.807) is 23.9 Å². The number of nitrogens with zero attached hydrogens (tertiary/aromatic N) is 4. The van der Waals surface area contributed by atoms with Crippen LogP contribution in [0.2, 0.25) is 0 Å². The number of rotatable bonds is 2. The van der Waals surface area contributed by atoms with Gasteiger partial charge < -0.3 is 10.6 Å². The third kappa shape index (κ3) is 2.26. The molecule has 0 aliphatic carbocycles. The van der Waals surface area contributed by atoms with Crippen molar-refractivity contribution < 1.29 is 0 Å². The first-order valence-corrected chi connectivity index (χ1v) is 8.80. The van der Waals surface area contributed by atoms with Gasteiger partial charge in [-0.1, -0.05) is 0 Å². The quantitative estimate of drug-likeness (QED) is 0.712. The lowest BCUT2D eigenvalue weighted by atomic mass is 9.98. The van der Waals surface area contributed by atoms with E-state index in [2.05, 4.69) is 41.0 Å². The molecule has 1 fully saturated rings. The summed E-state index contributed by atoms with van der Waals surface area (Å²) in [5, 5.41) is 7.14. The van der Waals surface area contributed by atoms with Crippen LogP contribution in [0, 0.1) is 0 Å². The van der Waals surface area contributed by atoms with Crippen LogP contribution in [0.25, 0.3) is 10.2 Å². The summed E-state index contributed by atoms with van der Waals surface area (Å²) in [4.78, 5) is 11.3. The maximum atomic E-state index is 6.07. The summed E-state index contributed by atoms with van der Waals surface area (Å²) < 4.78 is 2.18. The summed E-state index contributed by atoms with van der Waals surface area (Å²) in [6, 6.07) is 2.23. The topological polar surface area (TPSA) is 83.7 Å². The highest BCUT2D eigenvalue weighted by Crippen LogP contribution is 2.40. The van der Waals surface area contributed by atoms with Crippen LogP contribution in [0.4, 0.5) is 11.5 Å². The molecule has 1 aliphatic heterocycles. The van der Waals surface area contributed by atoms with E-state index in [-0.39, 0.29) is 6.04 Å². The number of aromatic amines is 1. The summed E-state index contributed by atoms with van der Waals surface area (Å²) in [5.74, 6) is 0.986. The monoisotopic (exact) mass is 378 g/mol. The molecule has 1 saturated heterocycles. The van der Waals surface area contributed by atoms with E-state index in [1.165, 1.54) is 6.42 Å². The number of nitrogen functional groups attached to an aromatic ring is 1. The van der Waals surface area contributed by atoms with Gasteiger partial charge in [0.1, 0.15) is 6.33 Å². The molecular weight excluding hydrogens is 364 g/mol. The number of nitrogens with one attached hydrogen (secondary N) is 1. The molecule has 0 saturated carbocycles. The van der Waals surface area contributed by atoms with Crippen molar-refractivity contribution in [2.75, 3.05) is 17.2 Å². The standard InChI is InChI=1S/C14H15BrN6S/c15-11-5-9-13(22-11)14(18-7-17-9)21-4-2-1-3-10(21)12-8(16)6-19-20-12/h5-7,10H,1-4,16H2,(H,19,20). The molecule has 4 rings (SSSR count). The van der Waals surface area contributed by atoms with Crippen LogP contribution in [0.5, 0.6) is 0 Å². The average molecular weight is 379 g/mol. The van der Waals surface area contributed by atoms with Crippen LogP contribution < -0.4 is 10.6 Å². The summed E-state index contributed by atoms with van der Waals surface area (Å²) in [6.45, 7) is 0.963. The first-order chi connectivity index (χ1) is 10.7. The first-order valence-electron chi connectivity index (χ1n) is 7.19. The van der Waals surface area contributed by atoms with Crippen molar-refractivity contribution in [2.45, 2.75) is 25.3 Å². The third-order valence-corrected chi connectivity index (χ3v) is 5.69. The second-order valence-electron chi connectivity index (χ2n) is 5.41. The number of thiophene rings is 1. The molecule has 0 radical (unpaired) electrons. The van der Waals surface area contributed by atoms with Gasteiger partial charge in [0.05, 0.1) is 37.6 Å². The lowest BCUT2D eigenvalue weighted by Gasteiger charge is -2.36. The summed E-state index contributed by atoms with van der Waals surface area (Å²) >= 11 is 5.21. The minimum atomic E-state index is 0.190. The Labute approximate surface area is 139 Å². The Morgan fingerprint density at radius 3 is 3.09 bits per heavy atom. The van der Waals surface area contributed by atoms with Gasteiger partial charge in [-0.15, -0.1) is 11.3 Å². The molecule has 3 N–H and O–H groups in total. The molecule has 1 atom stereocenters. The van der Waals surface area contributed by atoms with Crippen LogP contribution >= 0.6 is 27.3 Å². The highest BCUT2D eigenvalue weighted by Gasteiger charge is 2.29. The Morgan fingerprint density at radius 2 is 2.27 bits per heavy atom. The van der Waals surface area contributed by atoms with Crippen molar-refractivity contribution in [3.63, 3.8) is 0 Å². The number of nitrogens with two attached hydrogens (primary N) is 1. The Bertz CT molecular complexity index is 813. The van der Waals surface area contributed by atoms with E-state index in [0.717, 1.165) is 50.6 Å². The van der Waals surface area contributed by atoms with Crippen LogP contribution in [-0.2, 0) is 0 Å². The third-order valence-electron chi connectivity index (χ3n) is 4.07. The first kappa shape index (κ1) is 14.0. The predicted octanol–water partition coefficient (Wildman–Crippen LogP) is 3.49. The molecule has 3 aromatic rings. The van der Waals surface area contributed by atoms with Crippen LogP contribution in [0.1, 0.15) is 31.0 Å². The number of H-pyrrole nitrogens is 1. The van der Waals surface area contributed by atoms with Crippen molar-refractivity contribution in [3.8, 4) is 0 Å². The van der Waals surface area contributed by atoms with Crippen LogP contribution in [-0.4, -0.2) is 26.7 Å². The van der Waals surface area contributed by atoms with Crippen molar-refractivity contribution in [2.24, 2.45) is 0 Å². The molecule has 1 unspecified atom stereocenters. The van der Waals surface area contributed by atoms with E-state index in [0.29, 0.717) is 0 Å². The Morgan fingerprint density at radius 1 is 1.36 bits per heavy atom. The lowest BCUT2D eigenvalue weighted by molar-refractivity contribution is 0.463. The smallest absolute Gasteiger partial charge is 0.150 e. The van der Waals surface area contributed by atoms with E-state index in [1.807, 2.05) is 6.07 Å². The van der Waals surface area contributed by atoms with Gasteiger partial charge in [-0.2, -0.15) is 5.10 Å². The minimum Gasteiger partial charge on any atom is -0.396 e. The largest absolute Gasteiger partial charge is 0.396 e. The molecule has 8 heteroatoms. The van der Waals surface area contributed by atoms with Crippen molar-refractivity contribution in [1.29, 1.82) is 0 Å². The van der Waals surface area contributed by atoms with E-state index in [9.17, 15) is 0 Å². The predicted molar refractivity (Wildman–Crippen MR) is 92.1 cm³/mol. The lowest BCUT2D eigenvalue weighted by Crippen LogP contribution is -2.34. The van der Waals surface area contributed by atoms with Crippen LogP contribution in [0.15, 0.2) is 22.4 Å². The fraction of sp³-hybridized carbons (Fsp3) is 0.357. The molecule has 0 amide bonds. The number of fused-ring (bicyclic) bond motifs is 1. The van der Waals surface area contributed by atoms with Crippen molar-refractivity contribution in [3.05, 3.63) is 28.1 Å². The maximum absolute atomic E-state index is 6.07. The van der Waals surface area contributed by atoms with Gasteiger partial charge in [0, 0.05) is 6.54 Å². The fourth-order valence-corrected chi connectivity index (χ4v) is 4.62. The highest BCUT2D eigenvalue weighted by molar-refractivity contribution is 9.11. The minimum absolute atomic E-state index is 0.190. The van der Waals surface area contributed by atoms with Gasteiger partial charge in [-0.05, 0) is 41.3 Å². The zero-order chi connectivity index (χ0) is 15.1. The second-order valence-corrected chi connectivity index (χ2v) is 7.84. The Kier molecular flexibility index (Phi) is 3.50. The molecule has 4 heterocycles. The van der Waals surface area contributed by atoms with Crippen molar-refractivity contribution >= 4 is 49.0 Å². The van der Waals surface area contributed by atoms with Crippen molar-refractivity contribution in [1.82, 2.24) is 20.2 Å². The van der Waals surface area contributed by atoms with Crippen LogP contribution in [0.3, 0.4) is 0 Å². The van der Waals surface area contributed by atoms with E-state index >= 15 is 0 Å². The number of hydrogen-bond acceptors (Lipinski definition) is 6. The normalized spacial score (nSPS) is 19.0. The van der Waals surface area contributed by atoms with E-state index < -0.39 is 0 Å². The van der Waals surface area contributed by atoms with Gasteiger partial charge in [-0.3, -0.25) is 5.10 Å². The molecule has 6 nitrogen and oxygen atoms in total. The number of aromatic nitrogens is 4. The Balaban J connectivity index is 1.82. The number of halogens is 1. The van der Waals surface area contributed by atoms with Gasteiger partial charge in [-0.25, -0.2) is 9.97 Å². The fourth-order valence-electron chi connectivity index (χ4n) is 3.07. The SMILES string of the molecule is Nc1cn[nH]c1C1CCCCN1c1ncnc2cc(Br)sc12. The van der Waals surface area contributed by atoms with E-state index in [4.69, 9.17) is 5.73 Å². The molecule has 0 bridgehead atoms. The highest BCUT2D eigenvalue weighted by atomic mass is 79.9. The number of piperidine rings is 1. The molecule has 114 valence electrons. The molecule has 3 aromatic heterocycles. The Hall–Kier alpha value is -1.67. The molecule has 1 aliphatic rings. The summed E-state index contributed by atoms with van der Waals surface area (Å²) in [6.07, 6.45) is 6.70. The summed E-state index contributed by atoms with van der Waals surface area (Å²) in [5.41, 5.74) is 8.75.